The summed E-state index contributed by atoms with van der Waals surface area (Å²) < 4.78 is 24.1. The number of methoxy groups -OCH3 is 2. The van der Waals surface area contributed by atoms with Crippen LogP contribution >= 0.6 is 0 Å². The summed E-state index contributed by atoms with van der Waals surface area (Å²) in [6.07, 6.45) is 0. The highest BCUT2D eigenvalue weighted by Gasteiger charge is 2.52. The molecule has 0 aromatic heterocycles. The minimum atomic E-state index is -0.459. The van der Waals surface area contributed by atoms with E-state index in [2.05, 4.69) is 45.9 Å². The Morgan fingerprint density at radius 3 is 1.96 bits per heavy atom. The molecule has 0 unspecified atom stereocenters. The first-order chi connectivity index (χ1) is 12.8. The van der Waals surface area contributed by atoms with Crippen molar-refractivity contribution in [2.75, 3.05) is 14.2 Å². The maximum absolute atomic E-state index is 6.32. The molecule has 5 heteroatoms. The summed E-state index contributed by atoms with van der Waals surface area (Å²) in [6, 6.07) is 14.3. The molecule has 1 aliphatic rings. The molecule has 3 aromatic carbocycles. The molecule has 4 rings (SSSR count). The van der Waals surface area contributed by atoms with Gasteiger partial charge in [-0.15, -0.1) is 0 Å². The zero-order chi connectivity index (χ0) is 19.4. The smallest absolute Gasteiger partial charge is 0.495 e. The Labute approximate surface area is 160 Å². The lowest BCUT2D eigenvalue weighted by molar-refractivity contribution is 0.00578. The van der Waals surface area contributed by atoms with Gasteiger partial charge in [-0.3, -0.25) is 0 Å². The van der Waals surface area contributed by atoms with Gasteiger partial charge in [-0.25, -0.2) is 0 Å². The minimum absolute atomic E-state index is 0.401. The van der Waals surface area contributed by atoms with Crippen LogP contribution in [0.2, 0.25) is 0 Å². The van der Waals surface area contributed by atoms with E-state index in [1.807, 2.05) is 24.3 Å². The van der Waals surface area contributed by atoms with Crippen molar-refractivity contribution < 1.29 is 18.8 Å². The maximum Gasteiger partial charge on any atom is 0.495 e. The molecule has 0 aliphatic carbocycles. The molecular formula is C22H25BO4. The second-order valence-electron chi connectivity index (χ2n) is 8.00. The van der Waals surface area contributed by atoms with E-state index >= 15 is 0 Å². The molecule has 0 bridgehead atoms. The molecule has 0 N–H and O–H groups in total. The molecule has 0 atom stereocenters. The molecule has 0 radical (unpaired) electrons. The average Bonchev–Trinajstić information content (AvgIpc) is 2.86. The highest BCUT2D eigenvalue weighted by atomic mass is 16.7. The molecule has 1 heterocycles. The van der Waals surface area contributed by atoms with Gasteiger partial charge < -0.3 is 18.8 Å². The van der Waals surface area contributed by atoms with Crippen molar-refractivity contribution in [2.24, 2.45) is 0 Å². The van der Waals surface area contributed by atoms with Crippen LogP contribution in [0.5, 0.6) is 11.5 Å². The van der Waals surface area contributed by atoms with Gasteiger partial charge in [0.15, 0.2) is 0 Å². The zero-order valence-electron chi connectivity index (χ0n) is 16.8. The van der Waals surface area contributed by atoms with E-state index in [1.165, 1.54) is 0 Å². The fourth-order valence-electron chi connectivity index (χ4n) is 3.72. The number of rotatable bonds is 3. The number of fused-ring (bicyclic) bond motifs is 2. The summed E-state index contributed by atoms with van der Waals surface area (Å²) in [5.41, 5.74) is 0.166. The molecule has 0 amide bonds. The monoisotopic (exact) mass is 364 g/mol. The molecule has 0 saturated carbocycles. The fraction of sp³-hybridized carbons (Fsp3) is 0.364. The molecule has 0 spiro atoms. The summed E-state index contributed by atoms with van der Waals surface area (Å²) in [6.45, 7) is 8.25. The first-order valence-corrected chi connectivity index (χ1v) is 9.21. The van der Waals surface area contributed by atoms with E-state index < -0.39 is 18.3 Å². The van der Waals surface area contributed by atoms with Gasteiger partial charge in [-0.05, 0) is 56.1 Å². The third kappa shape index (κ3) is 2.68. The van der Waals surface area contributed by atoms with Crippen molar-refractivity contribution in [1.29, 1.82) is 0 Å². The van der Waals surface area contributed by atoms with Crippen molar-refractivity contribution in [2.45, 2.75) is 38.9 Å². The van der Waals surface area contributed by atoms with E-state index in [1.54, 1.807) is 14.2 Å². The molecule has 27 heavy (non-hydrogen) atoms. The van der Waals surface area contributed by atoms with Gasteiger partial charge in [-0.1, -0.05) is 30.3 Å². The lowest BCUT2D eigenvalue weighted by atomic mass is 9.75. The van der Waals surface area contributed by atoms with Gasteiger partial charge in [0.1, 0.15) is 11.5 Å². The van der Waals surface area contributed by atoms with Crippen LogP contribution in [-0.4, -0.2) is 32.5 Å². The van der Waals surface area contributed by atoms with E-state index in [0.717, 1.165) is 38.5 Å². The highest BCUT2D eigenvalue weighted by molar-refractivity contribution is 6.65. The molecule has 1 fully saturated rings. The Bertz CT molecular complexity index is 1010. The van der Waals surface area contributed by atoms with Crippen LogP contribution in [0.3, 0.4) is 0 Å². The van der Waals surface area contributed by atoms with Crippen molar-refractivity contribution in [3.8, 4) is 11.5 Å². The normalized spacial score (nSPS) is 18.2. The molecule has 3 aromatic rings. The number of hydrogen-bond acceptors (Lipinski definition) is 4. The Balaban J connectivity index is 2.02. The van der Waals surface area contributed by atoms with Gasteiger partial charge >= 0.3 is 7.12 Å². The standard InChI is InChI=1S/C22H25BO4/c1-21(2)22(3,4)27-23(26-21)16-11-7-9-14-13-15-10-8-12-17(24-5)19(15)20(25-6)18(14)16/h7-13H,1-6H3. The average molecular weight is 364 g/mol. The zero-order valence-corrected chi connectivity index (χ0v) is 16.8. The van der Waals surface area contributed by atoms with Crippen molar-refractivity contribution in [3.05, 3.63) is 42.5 Å². The number of benzene rings is 3. The summed E-state index contributed by atoms with van der Waals surface area (Å²) in [5, 5.41) is 4.11. The lowest BCUT2D eigenvalue weighted by Gasteiger charge is -2.32. The van der Waals surface area contributed by atoms with Crippen LogP contribution in [0, 0.1) is 0 Å². The van der Waals surface area contributed by atoms with Crippen LogP contribution in [0.15, 0.2) is 42.5 Å². The van der Waals surface area contributed by atoms with Crippen LogP contribution in [0.1, 0.15) is 27.7 Å². The van der Waals surface area contributed by atoms with Gasteiger partial charge in [0, 0.05) is 5.39 Å². The molecular weight excluding hydrogens is 339 g/mol. The second-order valence-corrected chi connectivity index (χ2v) is 8.00. The largest absolute Gasteiger partial charge is 0.496 e. The van der Waals surface area contributed by atoms with Crippen LogP contribution < -0.4 is 14.9 Å². The quantitative estimate of drug-likeness (QED) is 0.513. The third-order valence-corrected chi connectivity index (χ3v) is 5.88. The van der Waals surface area contributed by atoms with Gasteiger partial charge in [0.25, 0.3) is 0 Å². The predicted octanol–water partition coefficient (Wildman–Crippen LogP) is 4.31. The fourth-order valence-corrected chi connectivity index (χ4v) is 3.72. The van der Waals surface area contributed by atoms with Crippen molar-refractivity contribution in [1.82, 2.24) is 0 Å². The summed E-state index contributed by atoms with van der Waals surface area (Å²) in [7, 11) is 2.92. The lowest BCUT2D eigenvalue weighted by Crippen LogP contribution is -2.41. The Morgan fingerprint density at radius 2 is 1.37 bits per heavy atom. The molecule has 140 valence electrons. The van der Waals surface area contributed by atoms with Gasteiger partial charge in [0.05, 0.1) is 30.8 Å². The van der Waals surface area contributed by atoms with Crippen molar-refractivity contribution >= 4 is 34.1 Å². The third-order valence-electron chi connectivity index (χ3n) is 5.88. The van der Waals surface area contributed by atoms with Crippen molar-refractivity contribution in [3.63, 3.8) is 0 Å². The molecule has 1 aliphatic heterocycles. The first-order valence-electron chi connectivity index (χ1n) is 9.21. The summed E-state index contributed by atoms with van der Waals surface area (Å²) >= 11 is 0. The second kappa shape index (κ2) is 6.15. The van der Waals surface area contributed by atoms with E-state index in [9.17, 15) is 0 Å². The highest BCUT2D eigenvalue weighted by Crippen LogP contribution is 2.41. The first kappa shape index (κ1) is 18.1. The van der Waals surface area contributed by atoms with Gasteiger partial charge in [0.2, 0.25) is 0 Å². The topological polar surface area (TPSA) is 36.9 Å². The number of ether oxygens (including phenoxy) is 2. The Morgan fingerprint density at radius 1 is 0.778 bits per heavy atom. The number of hydrogen-bond donors (Lipinski definition) is 0. The minimum Gasteiger partial charge on any atom is -0.496 e. The molecule has 1 saturated heterocycles. The maximum atomic E-state index is 6.32. The van der Waals surface area contributed by atoms with Crippen LogP contribution in [-0.2, 0) is 9.31 Å². The van der Waals surface area contributed by atoms with E-state index in [-0.39, 0.29) is 0 Å². The van der Waals surface area contributed by atoms with Gasteiger partial charge in [-0.2, -0.15) is 0 Å². The van der Waals surface area contributed by atoms with E-state index in [4.69, 9.17) is 18.8 Å². The SMILES string of the molecule is COc1cccc2cc3cccc(B4OC(C)(C)C(C)(C)O4)c3c(OC)c12. The summed E-state index contributed by atoms with van der Waals surface area (Å²) in [4.78, 5) is 0. The van der Waals surface area contributed by atoms with E-state index in [0.29, 0.717) is 0 Å². The van der Waals surface area contributed by atoms with Crippen LogP contribution in [0.4, 0.5) is 0 Å². The summed E-state index contributed by atoms with van der Waals surface area (Å²) in [5.74, 6) is 1.57. The van der Waals surface area contributed by atoms with Crippen LogP contribution in [0.25, 0.3) is 21.5 Å². The predicted molar refractivity (Wildman–Crippen MR) is 110 cm³/mol. The Kier molecular flexibility index (Phi) is 4.13. The Hall–Kier alpha value is -2.24. The molecule has 4 nitrogen and oxygen atoms in total.